The lowest BCUT2D eigenvalue weighted by Crippen LogP contribution is -2.25. The third-order valence-corrected chi connectivity index (χ3v) is 4.24. The Kier molecular flexibility index (Phi) is 5.47. The minimum atomic E-state index is -4.33. The van der Waals surface area contributed by atoms with Gasteiger partial charge < -0.3 is 10.1 Å². The quantitative estimate of drug-likeness (QED) is 0.826. The molecule has 0 aliphatic carbocycles. The maximum Gasteiger partial charge on any atom is 0.416 e. The summed E-state index contributed by atoms with van der Waals surface area (Å²) in [7, 11) is 1.86. The van der Waals surface area contributed by atoms with Crippen molar-refractivity contribution in [3.05, 3.63) is 52.2 Å². The molecule has 0 saturated carbocycles. The lowest BCUT2D eigenvalue weighted by atomic mass is 10.0. The number of rotatable bonds is 6. The van der Waals surface area contributed by atoms with Crippen LogP contribution in [-0.4, -0.2) is 13.6 Å². The summed E-state index contributed by atoms with van der Waals surface area (Å²) < 4.78 is 43.7. The van der Waals surface area contributed by atoms with Crippen LogP contribution in [0.1, 0.15) is 23.5 Å². The molecule has 22 heavy (non-hydrogen) atoms. The predicted octanol–water partition coefficient (Wildman–Crippen LogP) is 4.74. The standard InChI is InChI=1S/C16H18F3NOS/c1-11(10-20-2)15(14-4-3-9-22-14)21-13-7-5-12(6-8-13)16(17,18)19/h3-9,11,15,20H,10H2,1-2H3. The lowest BCUT2D eigenvalue weighted by Gasteiger charge is -2.24. The number of ether oxygens (including phenoxy) is 1. The molecule has 0 spiro atoms. The molecule has 0 fully saturated rings. The third kappa shape index (κ3) is 4.24. The molecular weight excluding hydrogens is 311 g/mol. The molecule has 1 aromatic heterocycles. The van der Waals surface area contributed by atoms with Crippen molar-refractivity contribution in [2.75, 3.05) is 13.6 Å². The summed E-state index contributed by atoms with van der Waals surface area (Å²) in [6.07, 6.45) is -4.52. The van der Waals surface area contributed by atoms with Crippen LogP contribution in [0.4, 0.5) is 13.2 Å². The Hall–Kier alpha value is -1.53. The average molecular weight is 329 g/mol. The number of alkyl halides is 3. The Morgan fingerprint density at radius 2 is 1.86 bits per heavy atom. The van der Waals surface area contributed by atoms with Crippen LogP contribution in [0.2, 0.25) is 0 Å². The molecule has 0 aliphatic heterocycles. The summed E-state index contributed by atoms with van der Waals surface area (Å²) in [6.45, 7) is 2.80. The zero-order chi connectivity index (χ0) is 16.2. The van der Waals surface area contributed by atoms with Gasteiger partial charge in [-0.1, -0.05) is 13.0 Å². The van der Waals surface area contributed by atoms with Crippen molar-refractivity contribution in [2.45, 2.75) is 19.2 Å². The van der Waals surface area contributed by atoms with E-state index in [0.29, 0.717) is 5.75 Å². The Bertz CT molecular complexity index is 566. The van der Waals surface area contributed by atoms with E-state index in [2.05, 4.69) is 5.32 Å². The summed E-state index contributed by atoms with van der Waals surface area (Å²) in [5, 5.41) is 5.06. The molecule has 0 bridgehead atoms. The van der Waals surface area contributed by atoms with Gasteiger partial charge in [-0.25, -0.2) is 0 Å². The van der Waals surface area contributed by atoms with Crippen molar-refractivity contribution in [3.63, 3.8) is 0 Å². The Morgan fingerprint density at radius 1 is 1.18 bits per heavy atom. The fourth-order valence-electron chi connectivity index (χ4n) is 2.21. The van der Waals surface area contributed by atoms with Gasteiger partial charge in [0.2, 0.25) is 0 Å². The van der Waals surface area contributed by atoms with E-state index in [-0.39, 0.29) is 12.0 Å². The fourth-order valence-corrected chi connectivity index (χ4v) is 3.09. The first-order valence-electron chi connectivity index (χ1n) is 6.93. The van der Waals surface area contributed by atoms with Crippen LogP contribution in [0.15, 0.2) is 41.8 Å². The third-order valence-electron chi connectivity index (χ3n) is 3.31. The molecule has 0 amide bonds. The summed E-state index contributed by atoms with van der Waals surface area (Å²) in [6, 6.07) is 8.75. The number of hydrogen-bond acceptors (Lipinski definition) is 3. The van der Waals surface area contributed by atoms with Gasteiger partial charge in [0.25, 0.3) is 0 Å². The molecule has 2 unspecified atom stereocenters. The monoisotopic (exact) mass is 329 g/mol. The molecule has 0 radical (unpaired) electrons. The predicted molar refractivity (Wildman–Crippen MR) is 82.2 cm³/mol. The van der Waals surface area contributed by atoms with Gasteiger partial charge in [-0.05, 0) is 42.8 Å². The van der Waals surface area contributed by atoms with Gasteiger partial charge in [-0.3, -0.25) is 0 Å². The number of benzene rings is 1. The van der Waals surface area contributed by atoms with Crippen molar-refractivity contribution >= 4 is 11.3 Å². The molecule has 0 saturated heterocycles. The molecule has 2 atom stereocenters. The summed E-state index contributed by atoms with van der Waals surface area (Å²) in [4.78, 5) is 1.06. The van der Waals surface area contributed by atoms with Gasteiger partial charge in [0, 0.05) is 17.3 Å². The van der Waals surface area contributed by atoms with Gasteiger partial charge in [0.05, 0.1) is 5.56 Å². The molecule has 1 aromatic carbocycles. The van der Waals surface area contributed by atoms with Crippen molar-refractivity contribution in [2.24, 2.45) is 5.92 Å². The SMILES string of the molecule is CNCC(C)C(Oc1ccc(C(F)(F)F)cc1)c1cccs1. The zero-order valence-corrected chi connectivity index (χ0v) is 13.2. The van der Waals surface area contributed by atoms with Crippen LogP contribution in [0.25, 0.3) is 0 Å². The summed E-state index contributed by atoms with van der Waals surface area (Å²) >= 11 is 1.58. The Morgan fingerprint density at radius 3 is 2.36 bits per heavy atom. The van der Waals surface area contributed by atoms with Crippen LogP contribution in [-0.2, 0) is 6.18 Å². The minimum absolute atomic E-state index is 0.186. The highest BCUT2D eigenvalue weighted by molar-refractivity contribution is 7.10. The van der Waals surface area contributed by atoms with E-state index in [1.54, 1.807) is 11.3 Å². The normalized spacial score (nSPS) is 14.6. The summed E-state index contributed by atoms with van der Waals surface area (Å²) in [5.41, 5.74) is -0.671. The highest BCUT2D eigenvalue weighted by Crippen LogP contribution is 2.34. The molecule has 2 aromatic rings. The molecular formula is C16H18F3NOS. The molecule has 120 valence electrons. The molecule has 2 rings (SSSR count). The van der Waals surface area contributed by atoms with E-state index in [1.807, 2.05) is 31.5 Å². The number of halogens is 3. The average Bonchev–Trinajstić information content (AvgIpc) is 2.98. The maximum absolute atomic E-state index is 12.6. The first-order valence-corrected chi connectivity index (χ1v) is 7.81. The first-order chi connectivity index (χ1) is 10.4. The number of nitrogens with one attached hydrogen (secondary N) is 1. The van der Waals surface area contributed by atoms with Gasteiger partial charge >= 0.3 is 6.18 Å². The molecule has 1 N–H and O–H groups in total. The van der Waals surface area contributed by atoms with E-state index in [1.165, 1.54) is 12.1 Å². The molecule has 6 heteroatoms. The van der Waals surface area contributed by atoms with Gasteiger partial charge in [0.1, 0.15) is 11.9 Å². The second-order valence-corrected chi connectivity index (χ2v) is 6.09. The molecule has 2 nitrogen and oxygen atoms in total. The fraction of sp³-hybridized carbons (Fsp3) is 0.375. The van der Waals surface area contributed by atoms with Crippen molar-refractivity contribution < 1.29 is 17.9 Å². The van der Waals surface area contributed by atoms with Gasteiger partial charge in [-0.2, -0.15) is 13.2 Å². The van der Waals surface area contributed by atoms with Crippen LogP contribution >= 0.6 is 11.3 Å². The van der Waals surface area contributed by atoms with Gasteiger partial charge in [-0.15, -0.1) is 11.3 Å². The van der Waals surface area contributed by atoms with Crippen LogP contribution < -0.4 is 10.1 Å². The van der Waals surface area contributed by atoms with E-state index < -0.39 is 11.7 Å². The van der Waals surface area contributed by atoms with Crippen LogP contribution in [0.5, 0.6) is 5.75 Å². The van der Waals surface area contributed by atoms with E-state index >= 15 is 0 Å². The maximum atomic E-state index is 12.6. The number of thiophene rings is 1. The highest BCUT2D eigenvalue weighted by atomic mass is 32.1. The molecule has 0 aliphatic rings. The zero-order valence-electron chi connectivity index (χ0n) is 12.4. The van der Waals surface area contributed by atoms with Crippen molar-refractivity contribution in [3.8, 4) is 5.75 Å². The van der Waals surface area contributed by atoms with E-state index in [0.717, 1.165) is 23.6 Å². The lowest BCUT2D eigenvalue weighted by molar-refractivity contribution is -0.137. The molecule has 1 heterocycles. The number of hydrogen-bond donors (Lipinski definition) is 1. The van der Waals surface area contributed by atoms with Crippen molar-refractivity contribution in [1.29, 1.82) is 0 Å². The Labute approximate surface area is 131 Å². The van der Waals surface area contributed by atoms with Gasteiger partial charge in [0.15, 0.2) is 0 Å². The van der Waals surface area contributed by atoms with E-state index in [4.69, 9.17) is 4.74 Å². The Balaban J connectivity index is 2.17. The smallest absolute Gasteiger partial charge is 0.416 e. The second-order valence-electron chi connectivity index (χ2n) is 5.11. The summed E-state index contributed by atoms with van der Waals surface area (Å²) in [5.74, 6) is 0.625. The highest BCUT2D eigenvalue weighted by Gasteiger charge is 2.30. The van der Waals surface area contributed by atoms with Crippen molar-refractivity contribution in [1.82, 2.24) is 5.32 Å². The van der Waals surface area contributed by atoms with E-state index in [9.17, 15) is 13.2 Å². The second kappa shape index (κ2) is 7.15. The first kappa shape index (κ1) is 16.8. The topological polar surface area (TPSA) is 21.3 Å². The minimum Gasteiger partial charge on any atom is -0.485 e. The van der Waals surface area contributed by atoms with Crippen LogP contribution in [0, 0.1) is 5.92 Å². The van der Waals surface area contributed by atoms with Crippen LogP contribution in [0.3, 0.4) is 0 Å². The largest absolute Gasteiger partial charge is 0.485 e.